The van der Waals surface area contributed by atoms with Crippen LogP contribution in [0.25, 0.3) is 5.82 Å². The third-order valence-corrected chi connectivity index (χ3v) is 4.83. The summed E-state index contributed by atoms with van der Waals surface area (Å²) in [6.45, 7) is 6.57. The molecule has 0 saturated heterocycles. The predicted molar refractivity (Wildman–Crippen MR) is 109 cm³/mol. The number of methoxy groups -OCH3 is 1. The van der Waals surface area contributed by atoms with Crippen molar-refractivity contribution in [1.29, 1.82) is 0 Å². The molecule has 0 fully saturated rings. The lowest BCUT2D eigenvalue weighted by molar-refractivity contribution is -0.120. The lowest BCUT2D eigenvalue weighted by Gasteiger charge is -2.09. The fourth-order valence-corrected chi connectivity index (χ4v) is 3.36. The summed E-state index contributed by atoms with van der Waals surface area (Å²) in [5.74, 6) is 1.64. The van der Waals surface area contributed by atoms with E-state index in [1.54, 1.807) is 13.3 Å². The van der Waals surface area contributed by atoms with Crippen LogP contribution in [0.4, 0.5) is 0 Å². The van der Waals surface area contributed by atoms with E-state index in [2.05, 4.69) is 15.4 Å². The number of pyridine rings is 1. The average molecular weight is 378 g/mol. The first-order chi connectivity index (χ1) is 13.5. The highest BCUT2D eigenvalue weighted by molar-refractivity contribution is 5.78. The van der Waals surface area contributed by atoms with Crippen LogP contribution in [0.1, 0.15) is 28.1 Å². The number of nitrogens with one attached hydrogen (secondary N) is 1. The number of benzene rings is 1. The molecular formula is C22H26N4O2. The van der Waals surface area contributed by atoms with Crippen LogP contribution in [0.15, 0.2) is 42.6 Å². The zero-order valence-electron chi connectivity index (χ0n) is 16.8. The summed E-state index contributed by atoms with van der Waals surface area (Å²) in [5.41, 5.74) is 5.16. The van der Waals surface area contributed by atoms with Gasteiger partial charge in [-0.05, 0) is 62.1 Å². The molecule has 1 aromatic carbocycles. The van der Waals surface area contributed by atoms with Gasteiger partial charge >= 0.3 is 0 Å². The standard InChI is InChI=1S/C22H26N4O2/c1-15-13-18(8-9-20(15)28-4)14-22(27)24-12-10-19-16(2)25-26(17(19)3)21-7-5-6-11-23-21/h5-9,11,13H,10,12,14H2,1-4H3,(H,24,27). The number of hydrogen-bond acceptors (Lipinski definition) is 4. The van der Waals surface area contributed by atoms with Gasteiger partial charge in [0.15, 0.2) is 5.82 Å². The van der Waals surface area contributed by atoms with E-state index in [9.17, 15) is 4.79 Å². The van der Waals surface area contributed by atoms with Crippen molar-refractivity contribution in [3.8, 4) is 11.6 Å². The van der Waals surface area contributed by atoms with Crippen LogP contribution in [0.2, 0.25) is 0 Å². The largest absolute Gasteiger partial charge is 0.496 e. The minimum Gasteiger partial charge on any atom is -0.496 e. The number of ether oxygens (including phenoxy) is 1. The number of rotatable bonds is 7. The number of carbonyl (C=O) groups is 1. The molecule has 146 valence electrons. The number of carbonyl (C=O) groups excluding carboxylic acids is 1. The highest BCUT2D eigenvalue weighted by Crippen LogP contribution is 2.19. The smallest absolute Gasteiger partial charge is 0.224 e. The Kier molecular flexibility index (Phi) is 6.09. The maximum Gasteiger partial charge on any atom is 0.224 e. The second-order valence-corrected chi connectivity index (χ2v) is 6.83. The maximum absolute atomic E-state index is 12.3. The lowest BCUT2D eigenvalue weighted by Crippen LogP contribution is -2.27. The Bertz CT molecular complexity index is 964. The third kappa shape index (κ3) is 4.39. The Balaban J connectivity index is 1.58. The molecule has 0 unspecified atom stereocenters. The molecule has 1 N–H and O–H groups in total. The fraction of sp³-hybridized carbons (Fsp3) is 0.318. The highest BCUT2D eigenvalue weighted by Gasteiger charge is 2.13. The molecule has 6 heteroatoms. The highest BCUT2D eigenvalue weighted by atomic mass is 16.5. The molecule has 0 aliphatic carbocycles. The molecule has 3 aromatic rings. The van der Waals surface area contributed by atoms with Crippen LogP contribution in [0, 0.1) is 20.8 Å². The van der Waals surface area contributed by atoms with E-state index in [4.69, 9.17) is 4.74 Å². The summed E-state index contributed by atoms with van der Waals surface area (Å²) >= 11 is 0. The van der Waals surface area contributed by atoms with Crippen LogP contribution in [0.5, 0.6) is 5.75 Å². The molecule has 2 heterocycles. The molecule has 1 amide bonds. The molecule has 28 heavy (non-hydrogen) atoms. The molecule has 0 aliphatic heterocycles. The van der Waals surface area contributed by atoms with Gasteiger partial charge in [-0.15, -0.1) is 0 Å². The Morgan fingerprint density at radius 1 is 1.18 bits per heavy atom. The van der Waals surface area contributed by atoms with Crippen molar-refractivity contribution in [3.05, 3.63) is 70.7 Å². The summed E-state index contributed by atoms with van der Waals surface area (Å²) in [7, 11) is 1.65. The first-order valence-corrected chi connectivity index (χ1v) is 9.36. The lowest BCUT2D eigenvalue weighted by atomic mass is 10.1. The Morgan fingerprint density at radius 2 is 2.00 bits per heavy atom. The minimum absolute atomic E-state index is 0.0111. The van der Waals surface area contributed by atoms with Gasteiger partial charge in [-0.1, -0.05) is 18.2 Å². The van der Waals surface area contributed by atoms with E-state index in [1.807, 2.05) is 61.9 Å². The molecule has 0 spiro atoms. The van der Waals surface area contributed by atoms with E-state index < -0.39 is 0 Å². The Labute approximate surface area is 165 Å². The number of aromatic nitrogens is 3. The molecule has 3 rings (SSSR count). The second-order valence-electron chi connectivity index (χ2n) is 6.83. The van der Waals surface area contributed by atoms with Gasteiger partial charge in [0.05, 0.1) is 19.2 Å². The molecule has 0 bridgehead atoms. The van der Waals surface area contributed by atoms with Crippen LogP contribution in [-0.2, 0) is 17.6 Å². The van der Waals surface area contributed by atoms with E-state index in [-0.39, 0.29) is 5.91 Å². The molecule has 0 atom stereocenters. The van der Waals surface area contributed by atoms with Gasteiger partial charge in [-0.3, -0.25) is 4.79 Å². The molecule has 0 radical (unpaired) electrons. The van der Waals surface area contributed by atoms with Crippen molar-refractivity contribution in [2.24, 2.45) is 0 Å². The third-order valence-electron chi connectivity index (χ3n) is 4.83. The van der Waals surface area contributed by atoms with Crippen molar-refractivity contribution >= 4 is 5.91 Å². The van der Waals surface area contributed by atoms with E-state index in [0.717, 1.165) is 46.1 Å². The van der Waals surface area contributed by atoms with Crippen molar-refractivity contribution in [1.82, 2.24) is 20.1 Å². The van der Waals surface area contributed by atoms with Gasteiger partial charge in [0, 0.05) is 18.4 Å². The summed E-state index contributed by atoms with van der Waals surface area (Å²) in [6.07, 6.45) is 2.85. The van der Waals surface area contributed by atoms with Gasteiger partial charge in [0.2, 0.25) is 5.91 Å². The summed E-state index contributed by atoms with van der Waals surface area (Å²) in [6, 6.07) is 11.6. The molecule has 0 aliphatic rings. The number of hydrogen-bond donors (Lipinski definition) is 1. The first kappa shape index (κ1) is 19.6. The molecule has 2 aromatic heterocycles. The average Bonchev–Trinajstić information content (AvgIpc) is 2.97. The maximum atomic E-state index is 12.3. The fourth-order valence-electron chi connectivity index (χ4n) is 3.36. The minimum atomic E-state index is 0.0111. The van der Waals surface area contributed by atoms with Gasteiger partial charge < -0.3 is 10.1 Å². The van der Waals surface area contributed by atoms with Crippen LogP contribution in [-0.4, -0.2) is 34.3 Å². The molecular weight excluding hydrogens is 352 g/mol. The summed E-state index contributed by atoms with van der Waals surface area (Å²) < 4.78 is 7.12. The van der Waals surface area contributed by atoms with E-state index in [0.29, 0.717) is 13.0 Å². The zero-order chi connectivity index (χ0) is 20.1. The Morgan fingerprint density at radius 3 is 2.68 bits per heavy atom. The van der Waals surface area contributed by atoms with Crippen molar-refractivity contribution in [2.75, 3.05) is 13.7 Å². The summed E-state index contributed by atoms with van der Waals surface area (Å²) in [4.78, 5) is 16.7. The van der Waals surface area contributed by atoms with Crippen molar-refractivity contribution in [3.63, 3.8) is 0 Å². The SMILES string of the molecule is COc1ccc(CC(=O)NCCc2c(C)nn(-c3ccccn3)c2C)cc1C. The van der Waals surface area contributed by atoms with Gasteiger partial charge in [0.1, 0.15) is 5.75 Å². The van der Waals surface area contributed by atoms with Crippen LogP contribution in [0.3, 0.4) is 0 Å². The quantitative estimate of drug-likeness (QED) is 0.686. The summed E-state index contributed by atoms with van der Waals surface area (Å²) in [5, 5.41) is 7.61. The molecule has 6 nitrogen and oxygen atoms in total. The van der Waals surface area contributed by atoms with Gasteiger partial charge in [-0.25, -0.2) is 9.67 Å². The van der Waals surface area contributed by atoms with Gasteiger partial charge in [0.25, 0.3) is 0 Å². The molecule has 0 saturated carbocycles. The zero-order valence-corrected chi connectivity index (χ0v) is 16.8. The van der Waals surface area contributed by atoms with Crippen LogP contribution < -0.4 is 10.1 Å². The topological polar surface area (TPSA) is 69.0 Å². The van der Waals surface area contributed by atoms with Crippen molar-refractivity contribution < 1.29 is 9.53 Å². The monoisotopic (exact) mass is 378 g/mol. The number of amides is 1. The van der Waals surface area contributed by atoms with Gasteiger partial charge in [-0.2, -0.15) is 5.10 Å². The van der Waals surface area contributed by atoms with E-state index in [1.165, 1.54) is 0 Å². The predicted octanol–water partition coefficient (Wildman–Crippen LogP) is 3.10. The Hall–Kier alpha value is -3.15. The van der Waals surface area contributed by atoms with Crippen LogP contribution >= 0.6 is 0 Å². The second kappa shape index (κ2) is 8.69. The first-order valence-electron chi connectivity index (χ1n) is 9.36. The number of nitrogens with zero attached hydrogens (tertiary/aromatic N) is 3. The van der Waals surface area contributed by atoms with E-state index >= 15 is 0 Å². The van der Waals surface area contributed by atoms with Crippen molar-refractivity contribution in [2.45, 2.75) is 33.6 Å². The normalized spacial score (nSPS) is 10.7. The number of aryl methyl sites for hydroxylation is 2.